The average Bonchev–Trinajstić information content (AvgIpc) is 2.40. The van der Waals surface area contributed by atoms with Crippen LogP contribution in [0.25, 0.3) is 0 Å². The van der Waals surface area contributed by atoms with E-state index in [2.05, 4.69) is 15.9 Å². The molecule has 2 aromatic carbocycles. The molecule has 0 atom stereocenters. The van der Waals surface area contributed by atoms with Gasteiger partial charge in [-0.3, -0.25) is 0 Å². The molecule has 0 heterocycles. The van der Waals surface area contributed by atoms with E-state index < -0.39 is 11.8 Å². The molecular formula is C14H10BrFO3. The number of benzene rings is 2. The lowest BCUT2D eigenvalue weighted by Crippen LogP contribution is -2.00. The molecule has 0 bridgehead atoms. The van der Waals surface area contributed by atoms with E-state index in [1.165, 1.54) is 24.3 Å². The van der Waals surface area contributed by atoms with Gasteiger partial charge in [0.05, 0.1) is 10.0 Å². The number of hydrogen-bond acceptors (Lipinski definition) is 2. The smallest absolute Gasteiger partial charge is 0.335 e. The lowest BCUT2D eigenvalue weighted by atomic mass is 10.1. The second-order valence-electron chi connectivity index (χ2n) is 3.87. The summed E-state index contributed by atoms with van der Waals surface area (Å²) in [5, 5.41) is 8.88. The maximum absolute atomic E-state index is 13.1. The predicted octanol–water partition coefficient (Wildman–Crippen LogP) is 3.87. The lowest BCUT2D eigenvalue weighted by Gasteiger charge is -2.08. The molecule has 0 saturated carbocycles. The van der Waals surface area contributed by atoms with Crippen LogP contribution in [0.15, 0.2) is 46.9 Å². The molecule has 0 aliphatic rings. The third-order valence-electron chi connectivity index (χ3n) is 2.46. The van der Waals surface area contributed by atoms with Crippen molar-refractivity contribution < 1.29 is 19.0 Å². The van der Waals surface area contributed by atoms with Gasteiger partial charge in [0.1, 0.15) is 18.2 Å². The van der Waals surface area contributed by atoms with Crippen molar-refractivity contribution >= 4 is 21.9 Å². The average molecular weight is 325 g/mol. The summed E-state index contributed by atoms with van der Waals surface area (Å²) >= 11 is 3.26. The molecule has 0 aliphatic heterocycles. The van der Waals surface area contributed by atoms with Crippen molar-refractivity contribution in [3.63, 3.8) is 0 Å². The largest absolute Gasteiger partial charge is 0.488 e. The monoisotopic (exact) mass is 324 g/mol. The van der Waals surface area contributed by atoms with Gasteiger partial charge in [-0.2, -0.15) is 0 Å². The van der Waals surface area contributed by atoms with Crippen molar-refractivity contribution in [3.8, 4) is 5.75 Å². The summed E-state index contributed by atoms with van der Waals surface area (Å²) in [5.41, 5.74) is 0.899. The molecule has 5 heteroatoms. The van der Waals surface area contributed by atoms with E-state index in [1.54, 1.807) is 18.2 Å². The highest BCUT2D eigenvalue weighted by atomic mass is 79.9. The third-order valence-corrected chi connectivity index (χ3v) is 3.12. The second-order valence-corrected chi connectivity index (χ2v) is 4.72. The van der Waals surface area contributed by atoms with Crippen LogP contribution in [0.4, 0.5) is 4.39 Å². The molecule has 0 aromatic heterocycles. The Kier molecular flexibility index (Phi) is 4.16. The van der Waals surface area contributed by atoms with Gasteiger partial charge in [-0.15, -0.1) is 0 Å². The number of carboxylic acid groups (broad SMARTS) is 1. The topological polar surface area (TPSA) is 46.5 Å². The van der Waals surface area contributed by atoms with Crippen molar-refractivity contribution in [2.45, 2.75) is 6.61 Å². The molecule has 0 amide bonds. The predicted molar refractivity (Wildman–Crippen MR) is 71.8 cm³/mol. The zero-order valence-corrected chi connectivity index (χ0v) is 11.4. The van der Waals surface area contributed by atoms with Crippen LogP contribution in [0, 0.1) is 5.82 Å². The molecule has 2 rings (SSSR count). The van der Waals surface area contributed by atoms with E-state index in [0.29, 0.717) is 15.8 Å². The van der Waals surface area contributed by atoms with Crippen molar-refractivity contribution in [3.05, 3.63) is 63.9 Å². The number of carboxylic acids is 1. The summed E-state index contributed by atoms with van der Waals surface area (Å²) in [4.78, 5) is 10.8. The van der Waals surface area contributed by atoms with Crippen LogP contribution in [-0.4, -0.2) is 11.1 Å². The van der Waals surface area contributed by atoms with E-state index in [1.807, 2.05) is 0 Å². The van der Waals surface area contributed by atoms with Crippen LogP contribution in [-0.2, 0) is 6.61 Å². The Bertz CT molecular complexity index is 613. The number of ether oxygens (including phenoxy) is 1. The summed E-state index contributed by atoms with van der Waals surface area (Å²) in [7, 11) is 0. The van der Waals surface area contributed by atoms with E-state index in [-0.39, 0.29) is 12.2 Å². The summed E-state index contributed by atoms with van der Waals surface area (Å²) in [6.45, 7) is 0.170. The first-order valence-electron chi connectivity index (χ1n) is 5.46. The highest BCUT2D eigenvalue weighted by molar-refractivity contribution is 9.10. The summed E-state index contributed by atoms with van der Waals surface area (Å²) < 4.78 is 19.2. The molecule has 0 unspecified atom stereocenters. The molecule has 19 heavy (non-hydrogen) atoms. The van der Waals surface area contributed by atoms with Gasteiger partial charge in [-0.05, 0) is 45.8 Å². The maximum atomic E-state index is 13.1. The van der Waals surface area contributed by atoms with Gasteiger partial charge in [0.15, 0.2) is 0 Å². The molecular weight excluding hydrogens is 315 g/mol. The Morgan fingerprint density at radius 2 is 2.05 bits per heavy atom. The summed E-state index contributed by atoms with van der Waals surface area (Å²) in [6, 6.07) is 10.6. The second kappa shape index (κ2) is 5.84. The Balaban J connectivity index is 2.12. The minimum absolute atomic E-state index is 0.170. The molecule has 0 radical (unpaired) electrons. The zero-order chi connectivity index (χ0) is 13.8. The normalized spacial score (nSPS) is 10.2. The van der Waals surface area contributed by atoms with Crippen molar-refractivity contribution in [2.75, 3.05) is 0 Å². The Morgan fingerprint density at radius 1 is 1.26 bits per heavy atom. The van der Waals surface area contributed by atoms with Gasteiger partial charge in [0.2, 0.25) is 0 Å². The van der Waals surface area contributed by atoms with Crippen molar-refractivity contribution in [1.29, 1.82) is 0 Å². The van der Waals surface area contributed by atoms with Gasteiger partial charge in [0.25, 0.3) is 0 Å². The Labute approximate surface area is 117 Å². The molecule has 0 saturated heterocycles. The number of rotatable bonds is 4. The summed E-state index contributed by atoms with van der Waals surface area (Å²) in [5.74, 6) is -1.01. The van der Waals surface area contributed by atoms with Gasteiger partial charge < -0.3 is 9.84 Å². The van der Waals surface area contributed by atoms with Crippen LogP contribution < -0.4 is 4.74 Å². The highest BCUT2D eigenvalue weighted by Crippen LogP contribution is 2.26. The fourth-order valence-corrected chi connectivity index (χ4v) is 1.90. The highest BCUT2D eigenvalue weighted by Gasteiger charge is 2.06. The van der Waals surface area contributed by atoms with E-state index >= 15 is 0 Å². The molecule has 1 N–H and O–H groups in total. The van der Waals surface area contributed by atoms with Crippen LogP contribution in [0.2, 0.25) is 0 Å². The number of aromatic carboxylic acids is 1. The van der Waals surface area contributed by atoms with Gasteiger partial charge in [0, 0.05) is 6.07 Å². The first-order valence-corrected chi connectivity index (χ1v) is 6.25. The zero-order valence-electron chi connectivity index (χ0n) is 9.77. The lowest BCUT2D eigenvalue weighted by molar-refractivity contribution is 0.0696. The Hall–Kier alpha value is -1.88. The number of carbonyl (C=O) groups is 1. The van der Waals surface area contributed by atoms with E-state index in [9.17, 15) is 9.18 Å². The third kappa shape index (κ3) is 3.54. The van der Waals surface area contributed by atoms with Crippen molar-refractivity contribution in [1.82, 2.24) is 0 Å². The molecule has 0 aliphatic carbocycles. The van der Waals surface area contributed by atoms with Crippen LogP contribution in [0.5, 0.6) is 5.75 Å². The first kappa shape index (κ1) is 13.5. The summed E-state index contributed by atoms with van der Waals surface area (Å²) in [6.07, 6.45) is 0. The van der Waals surface area contributed by atoms with E-state index in [4.69, 9.17) is 9.84 Å². The van der Waals surface area contributed by atoms with Crippen LogP contribution in [0.1, 0.15) is 15.9 Å². The van der Waals surface area contributed by atoms with Gasteiger partial charge >= 0.3 is 5.97 Å². The van der Waals surface area contributed by atoms with E-state index in [0.717, 1.165) is 0 Å². The minimum Gasteiger partial charge on any atom is -0.488 e. The molecule has 0 fully saturated rings. The first-order chi connectivity index (χ1) is 9.06. The number of halogens is 2. The number of hydrogen-bond donors (Lipinski definition) is 1. The van der Waals surface area contributed by atoms with Crippen LogP contribution in [0.3, 0.4) is 0 Å². The molecule has 2 aromatic rings. The van der Waals surface area contributed by atoms with Crippen LogP contribution >= 0.6 is 15.9 Å². The quantitative estimate of drug-likeness (QED) is 0.928. The van der Waals surface area contributed by atoms with Gasteiger partial charge in [-0.1, -0.05) is 12.1 Å². The Morgan fingerprint density at radius 3 is 2.79 bits per heavy atom. The fourth-order valence-electron chi connectivity index (χ4n) is 1.54. The molecule has 98 valence electrons. The minimum atomic E-state index is -0.992. The maximum Gasteiger partial charge on any atom is 0.335 e. The SMILES string of the molecule is O=C(O)c1cccc(COc2cc(F)ccc2Br)c1. The molecule has 0 spiro atoms. The standard InChI is InChI=1S/C14H10BrFO3/c15-12-5-4-11(16)7-13(12)19-8-9-2-1-3-10(6-9)14(17)18/h1-7H,8H2,(H,17,18). The fraction of sp³-hybridized carbons (Fsp3) is 0.0714. The molecule has 3 nitrogen and oxygen atoms in total. The van der Waals surface area contributed by atoms with Gasteiger partial charge in [-0.25, -0.2) is 9.18 Å². The van der Waals surface area contributed by atoms with Crippen molar-refractivity contribution in [2.24, 2.45) is 0 Å².